The smallest absolute Gasteiger partial charge is 0.376 e. The minimum Gasteiger partial charge on any atom is -0.376 e. The molecule has 13 heteroatoms. The number of benzene rings is 1. The van der Waals surface area contributed by atoms with Crippen LogP contribution in [0.15, 0.2) is 18.3 Å². The Labute approximate surface area is 198 Å². The van der Waals surface area contributed by atoms with E-state index in [9.17, 15) is 26.4 Å². The van der Waals surface area contributed by atoms with E-state index in [-0.39, 0.29) is 34.3 Å². The Balaban J connectivity index is 1.46. The Hall–Kier alpha value is -1.98. The lowest BCUT2D eigenvalue weighted by molar-refractivity contribution is -0.133. The van der Waals surface area contributed by atoms with Gasteiger partial charge in [0.1, 0.15) is 5.75 Å². The molecule has 1 aromatic carbocycles. The van der Waals surface area contributed by atoms with Gasteiger partial charge in [-0.3, -0.25) is 9.48 Å². The molecule has 1 saturated heterocycles. The predicted molar refractivity (Wildman–Crippen MR) is 115 cm³/mol. The molecule has 1 fully saturated rings. The monoisotopic (exact) mass is 525 g/mol. The second-order valence-corrected chi connectivity index (χ2v) is 10.6. The molecule has 2 aromatic rings. The fourth-order valence-electron chi connectivity index (χ4n) is 4.48. The highest BCUT2D eigenvalue weighted by Crippen LogP contribution is 2.37. The molecule has 180 valence electrons. The molecule has 0 saturated carbocycles. The number of rotatable bonds is 5. The van der Waals surface area contributed by atoms with E-state index in [2.05, 4.69) is 9.28 Å². The van der Waals surface area contributed by atoms with E-state index in [4.69, 9.17) is 23.2 Å². The summed E-state index contributed by atoms with van der Waals surface area (Å²) in [4.78, 5) is 15.0. The number of alkyl halides is 3. The van der Waals surface area contributed by atoms with Crippen LogP contribution in [0.5, 0.6) is 5.75 Å². The fraction of sp³-hybridized carbons (Fsp3) is 0.500. The number of carbonyl (C=O) groups excluding carboxylic acids is 1. The SMILES string of the molecule is Cn1ncc2c1CCC(N1CC[C@@H](Cc3c(Cl)cc(OS(=O)(=O)C(F)(F)F)cc3Cl)C1=O)C2. The average Bonchev–Trinajstić information content (AvgIpc) is 3.26. The van der Waals surface area contributed by atoms with Gasteiger partial charge in [-0.2, -0.15) is 26.7 Å². The zero-order valence-corrected chi connectivity index (χ0v) is 19.7. The number of carbonyl (C=O) groups is 1. The third-order valence-electron chi connectivity index (χ3n) is 6.16. The number of likely N-dealkylation sites (tertiary alicyclic amines) is 1. The Kier molecular flexibility index (Phi) is 6.34. The van der Waals surface area contributed by atoms with Crippen LogP contribution in [0.2, 0.25) is 10.0 Å². The molecule has 2 heterocycles. The number of fused-ring (bicyclic) bond motifs is 1. The van der Waals surface area contributed by atoms with E-state index >= 15 is 0 Å². The number of aryl methyl sites for hydroxylation is 1. The van der Waals surface area contributed by atoms with Gasteiger partial charge >= 0.3 is 15.6 Å². The molecule has 1 aromatic heterocycles. The highest BCUT2D eigenvalue weighted by molar-refractivity contribution is 7.88. The molecular formula is C20H20Cl2F3N3O4S. The van der Waals surface area contributed by atoms with Crippen LogP contribution in [0.3, 0.4) is 0 Å². The third-order valence-corrected chi connectivity index (χ3v) is 7.82. The summed E-state index contributed by atoms with van der Waals surface area (Å²) < 4.78 is 66.1. The molecule has 0 spiro atoms. The molecule has 0 bridgehead atoms. The van der Waals surface area contributed by atoms with Gasteiger partial charge < -0.3 is 9.08 Å². The van der Waals surface area contributed by atoms with Gasteiger partial charge in [-0.25, -0.2) is 0 Å². The molecule has 1 aliphatic heterocycles. The van der Waals surface area contributed by atoms with Crippen LogP contribution in [0.4, 0.5) is 13.2 Å². The molecule has 1 aliphatic carbocycles. The number of amides is 1. The number of aromatic nitrogens is 2. The Bertz CT molecular complexity index is 1180. The topological polar surface area (TPSA) is 81.5 Å². The van der Waals surface area contributed by atoms with Crippen LogP contribution >= 0.6 is 23.2 Å². The fourth-order valence-corrected chi connectivity index (χ4v) is 5.55. The van der Waals surface area contributed by atoms with E-state index in [0.29, 0.717) is 18.5 Å². The summed E-state index contributed by atoms with van der Waals surface area (Å²) in [5, 5.41) is 4.14. The van der Waals surface area contributed by atoms with E-state index < -0.39 is 21.4 Å². The van der Waals surface area contributed by atoms with Gasteiger partial charge in [0.15, 0.2) is 0 Å². The zero-order valence-electron chi connectivity index (χ0n) is 17.4. The molecule has 0 radical (unpaired) electrons. The lowest BCUT2D eigenvalue weighted by Gasteiger charge is -2.31. The highest BCUT2D eigenvalue weighted by Gasteiger charge is 2.48. The van der Waals surface area contributed by atoms with Gasteiger partial charge in [-0.15, -0.1) is 0 Å². The summed E-state index contributed by atoms with van der Waals surface area (Å²) in [5.74, 6) is -1.07. The lowest BCUT2D eigenvalue weighted by Crippen LogP contribution is -2.41. The van der Waals surface area contributed by atoms with Crippen molar-refractivity contribution in [3.8, 4) is 5.75 Å². The zero-order chi connectivity index (χ0) is 24.1. The summed E-state index contributed by atoms with van der Waals surface area (Å²) in [6.07, 6.45) is 5.02. The van der Waals surface area contributed by atoms with Crippen molar-refractivity contribution in [2.75, 3.05) is 6.54 Å². The Morgan fingerprint density at radius 2 is 1.88 bits per heavy atom. The molecule has 4 rings (SSSR count). The highest BCUT2D eigenvalue weighted by atomic mass is 35.5. The van der Waals surface area contributed by atoms with Crippen molar-refractivity contribution in [3.63, 3.8) is 0 Å². The van der Waals surface area contributed by atoms with Crippen LogP contribution in [0, 0.1) is 5.92 Å². The number of nitrogens with zero attached hydrogens (tertiary/aromatic N) is 3. The Morgan fingerprint density at radius 1 is 1.21 bits per heavy atom. The van der Waals surface area contributed by atoms with E-state index in [1.165, 1.54) is 5.69 Å². The minimum atomic E-state index is -5.85. The first-order chi connectivity index (χ1) is 15.4. The molecule has 2 atom stereocenters. The maximum atomic E-state index is 13.1. The first-order valence-corrected chi connectivity index (χ1v) is 12.3. The molecule has 33 heavy (non-hydrogen) atoms. The molecule has 1 unspecified atom stereocenters. The van der Waals surface area contributed by atoms with Crippen LogP contribution < -0.4 is 4.18 Å². The second kappa shape index (κ2) is 8.66. The van der Waals surface area contributed by atoms with Crippen LogP contribution in [0.1, 0.15) is 29.7 Å². The molecular weight excluding hydrogens is 506 g/mol. The first kappa shape index (κ1) is 24.2. The van der Waals surface area contributed by atoms with Crippen molar-refractivity contribution in [1.29, 1.82) is 0 Å². The molecule has 7 nitrogen and oxygen atoms in total. The van der Waals surface area contributed by atoms with Crippen molar-refractivity contribution in [2.45, 2.75) is 43.7 Å². The van der Waals surface area contributed by atoms with Crippen LogP contribution in [-0.4, -0.2) is 47.1 Å². The average molecular weight is 526 g/mol. The normalized spacial score (nSPS) is 21.4. The van der Waals surface area contributed by atoms with Crippen LogP contribution in [-0.2, 0) is 41.2 Å². The largest absolute Gasteiger partial charge is 0.534 e. The maximum absolute atomic E-state index is 13.1. The van der Waals surface area contributed by atoms with Gasteiger partial charge in [0.25, 0.3) is 0 Å². The van der Waals surface area contributed by atoms with Crippen molar-refractivity contribution < 1.29 is 30.6 Å². The summed E-state index contributed by atoms with van der Waals surface area (Å²) in [7, 11) is -3.95. The first-order valence-electron chi connectivity index (χ1n) is 10.2. The van der Waals surface area contributed by atoms with E-state index in [1.807, 2.05) is 22.8 Å². The molecule has 0 N–H and O–H groups in total. The van der Waals surface area contributed by atoms with Gasteiger partial charge in [0.2, 0.25) is 5.91 Å². The minimum absolute atomic E-state index is 0.0283. The van der Waals surface area contributed by atoms with Gasteiger partial charge in [0.05, 0.1) is 6.20 Å². The van der Waals surface area contributed by atoms with Crippen molar-refractivity contribution in [2.24, 2.45) is 13.0 Å². The van der Waals surface area contributed by atoms with Crippen molar-refractivity contribution >= 4 is 39.2 Å². The van der Waals surface area contributed by atoms with Gasteiger partial charge in [0, 0.05) is 53.4 Å². The summed E-state index contributed by atoms with van der Waals surface area (Å²) >= 11 is 12.3. The van der Waals surface area contributed by atoms with Crippen LogP contribution in [0.25, 0.3) is 0 Å². The predicted octanol–water partition coefficient (Wildman–Crippen LogP) is 3.90. The van der Waals surface area contributed by atoms with E-state index in [1.54, 1.807) is 0 Å². The molecule has 2 aliphatic rings. The number of hydrogen-bond acceptors (Lipinski definition) is 5. The number of hydrogen-bond donors (Lipinski definition) is 0. The standard InChI is InChI=1S/C20H20Cl2F3N3O4S/c1-27-18-3-2-13(6-12(18)10-26-27)28-5-4-11(19(28)29)7-15-16(21)8-14(9-17(15)22)32-33(30,31)20(23,24)25/h8-11,13H,2-7H2,1H3/t11-,13?/m0/s1. The Morgan fingerprint density at radius 3 is 2.52 bits per heavy atom. The van der Waals surface area contributed by atoms with E-state index in [0.717, 1.165) is 37.0 Å². The van der Waals surface area contributed by atoms with Crippen molar-refractivity contribution in [3.05, 3.63) is 45.2 Å². The van der Waals surface area contributed by atoms with Gasteiger partial charge in [-0.05, 0) is 43.2 Å². The molecule has 1 amide bonds. The number of halogens is 5. The second-order valence-electron chi connectivity index (χ2n) is 8.21. The van der Waals surface area contributed by atoms with Crippen molar-refractivity contribution in [1.82, 2.24) is 14.7 Å². The third kappa shape index (κ3) is 4.67. The summed E-state index contributed by atoms with van der Waals surface area (Å²) in [5.41, 5.74) is -2.91. The summed E-state index contributed by atoms with van der Waals surface area (Å²) in [6, 6.07) is 1.98. The maximum Gasteiger partial charge on any atom is 0.534 e. The summed E-state index contributed by atoms with van der Waals surface area (Å²) in [6.45, 7) is 0.587. The van der Waals surface area contributed by atoms with Gasteiger partial charge in [-0.1, -0.05) is 23.2 Å². The lowest BCUT2D eigenvalue weighted by atomic mass is 9.92. The quantitative estimate of drug-likeness (QED) is 0.436.